The van der Waals surface area contributed by atoms with Crippen LogP contribution in [0.2, 0.25) is 0 Å². The first-order valence-electron chi connectivity index (χ1n) is 8.28. The van der Waals surface area contributed by atoms with Gasteiger partial charge in [-0.3, -0.25) is 14.8 Å². The molecule has 0 aliphatic heterocycles. The van der Waals surface area contributed by atoms with Gasteiger partial charge in [0.1, 0.15) is 0 Å². The van der Waals surface area contributed by atoms with Crippen LogP contribution in [-0.2, 0) is 16.1 Å². The molecule has 2 aromatic carbocycles. The van der Waals surface area contributed by atoms with Crippen molar-refractivity contribution in [3.63, 3.8) is 0 Å². The Kier molecular flexibility index (Phi) is 5.22. The number of benzene rings is 2. The van der Waals surface area contributed by atoms with E-state index in [0.717, 1.165) is 11.1 Å². The van der Waals surface area contributed by atoms with Crippen LogP contribution in [0.1, 0.15) is 28.4 Å². The Labute approximate surface area is 151 Å². The van der Waals surface area contributed by atoms with E-state index in [2.05, 4.69) is 15.3 Å². The molecule has 0 unspecified atom stereocenters. The number of rotatable bonds is 5. The van der Waals surface area contributed by atoms with Crippen LogP contribution >= 0.6 is 0 Å². The minimum Gasteiger partial charge on any atom is -0.449 e. The lowest BCUT2D eigenvalue weighted by molar-refractivity contribution is -0.129. The van der Waals surface area contributed by atoms with Crippen LogP contribution in [0.15, 0.2) is 54.9 Å². The Morgan fingerprint density at radius 2 is 1.73 bits per heavy atom. The summed E-state index contributed by atoms with van der Waals surface area (Å²) in [6.45, 7) is 3.93. The third kappa shape index (κ3) is 4.22. The third-order valence-electron chi connectivity index (χ3n) is 3.95. The number of hydrogen-bond donors (Lipinski definition) is 1. The largest absolute Gasteiger partial charge is 0.449 e. The Hall–Kier alpha value is -3.28. The molecular formula is C20H19N3O3. The van der Waals surface area contributed by atoms with Gasteiger partial charge in [0.25, 0.3) is 5.91 Å². The molecule has 0 fully saturated rings. The van der Waals surface area contributed by atoms with Gasteiger partial charge >= 0.3 is 5.97 Å². The number of hydrogen-bond acceptors (Lipinski definition) is 5. The zero-order valence-corrected chi connectivity index (χ0v) is 14.6. The van der Waals surface area contributed by atoms with Gasteiger partial charge < -0.3 is 10.1 Å². The molecule has 6 nitrogen and oxygen atoms in total. The minimum absolute atomic E-state index is 0.330. The predicted octanol–water partition coefficient (Wildman–Crippen LogP) is 2.80. The maximum absolute atomic E-state index is 12.3. The summed E-state index contributed by atoms with van der Waals surface area (Å²) < 4.78 is 5.26. The normalized spacial score (nSPS) is 11.8. The van der Waals surface area contributed by atoms with Gasteiger partial charge in [-0.1, -0.05) is 29.8 Å². The molecule has 0 saturated heterocycles. The maximum Gasteiger partial charge on any atom is 0.338 e. The number of nitrogens with zero attached hydrogens (tertiary/aromatic N) is 2. The summed E-state index contributed by atoms with van der Waals surface area (Å²) in [5.41, 5.74) is 3.75. The Morgan fingerprint density at radius 1 is 1.04 bits per heavy atom. The Bertz CT molecular complexity index is 938. The number of nitrogens with one attached hydrogen (secondary N) is 1. The van der Waals surface area contributed by atoms with E-state index >= 15 is 0 Å². The molecule has 0 radical (unpaired) electrons. The molecule has 3 aromatic rings. The molecule has 1 heterocycles. The monoisotopic (exact) mass is 349 g/mol. The second-order valence-corrected chi connectivity index (χ2v) is 6.01. The number of amides is 1. The summed E-state index contributed by atoms with van der Waals surface area (Å²) >= 11 is 0. The summed E-state index contributed by atoms with van der Waals surface area (Å²) in [5.74, 6) is -0.921. The van der Waals surface area contributed by atoms with Crippen molar-refractivity contribution in [3.05, 3.63) is 71.5 Å². The molecule has 1 N–H and O–H groups in total. The molecule has 1 atom stereocenters. The van der Waals surface area contributed by atoms with Crippen molar-refractivity contribution in [1.82, 2.24) is 15.3 Å². The highest BCUT2D eigenvalue weighted by atomic mass is 16.5. The zero-order valence-electron chi connectivity index (χ0n) is 14.6. The van der Waals surface area contributed by atoms with Crippen LogP contribution in [0.3, 0.4) is 0 Å². The lowest BCUT2D eigenvalue weighted by Crippen LogP contribution is -2.35. The average molecular weight is 349 g/mol. The van der Waals surface area contributed by atoms with Crippen molar-refractivity contribution >= 4 is 22.9 Å². The first-order chi connectivity index (χ1) is 12.5. The van der Waals surface area contributed by atoms with Gasteiger partial charge in [0.05, 0.1) is 16.6 Å². The topological polar surface area (TPSA) is 81.2 Å². The van der Waals surface area contributed by atoms with E-state index in [1.165, 1.54) is 0 Å². The molecule has 3 rings (SSSR count). The number of aryl methyl sites for hydroxylation is 1. The molecule has 0 bridgehead atoms. The van der Waals surface area contributed by atoms with E-state index in [1.54, 1.807) is 37.5 Å². The van der Waals surface area contributed by atoms with Gasteiger partial charge in [0.2, 0.25) is 0 Å². The van der Waals surface area contributed by atoms with E-state index in [4.69, 9.17) is 4.74 Å². The molecule has 6 heteroatoms. The summed E-state index contributed by atoms with van der Waals surface area (Å²) in [6, 6.07) is 12.8. The molecule has 0 saturated carbocycles. The second kappa shape index (κ2) is 7.74. The number of carbonyl (C=O) groups excluding carboxylic acids is 2. The summed E-state index contributed by atoms with van der Waals surface area (Å²) in [6.07, 6.45) is 2.24. The van der Waals surface area contributed by atoms with Crippen LogP contribution in [-0.4, -0.2) is 27.9 Å². The second-order valence-electron chi connectivity index (χ2n) is 6.01. The van der Waals surface area contributed by atoms with Gasteiger partial charge in [-0.25, -0.2) is 4.79 Å². The molecule has 1 amide bonds. The lowest BCUT2D eigenvalue weighted by Gasteiger charge is -2.14. The van der Waals surface area contributed by atoms with E-state index in [9.17, 15) is 9.59 Å². The average Bonchev–Trinajstić information content (AvgIpc) is 2.66. The van der Waals surface area contributed by atoms with Gasteiger partial charge in [-0.2, -0.15) is 0 Å². The van der Waals surface area contributed by atoms with Gasteiger partial charge in [-0.15, -0.1) is 0 Å². The minimum atomic E-state index is -0.898. The number of aromatic nitrogens is 2. The SMILES string of the molecule is Cc1ccc(CNC(=O)[C@@H](C)OC(=O)c2ccc3nccnc3c2)cc1. The van der Waals surface area contributed by atoms with Crippen LogP contribution in [0, 0.1) is 6.92 Å². The van der Waals surface area contributed by atoms with Crippen molar-refractivity contribution in [1.29, 1.82) is 0 Å². The standard InChI is InChI=1S/C20H19N3O3/c1-13-3-5-15(6-4-13)12-23-19(24)14(2)26-20(25)16-7-8-17-18(11-16)22-10-9-21-17/h3-11,14H,12H2,1-2H3,(H,23,24)/t14-/m1/s1. The van der Waals surface area contributed by atoms with Gasteiger partial charge in [0.15, 0.2) is 6.10 Å². The number of esters is 1. The molecule has 0 aliphatic carbocycles. The van der Waals surface area contributed by atoms with Crippen LogP contribution in [0.25, 0.3) is 11.0 Å². The van der Waals surface area contributed by atoms with Crippen LogP contribution < -0.4 is 5.32 Å². The first kappa shape index (κ1) is 17.5. The summed E-state index contributed by atoms with van der Waals surface area (Å²) in [5, 5.41) is 2.77. The quantitative estimate of drug-likeness (QED) is 0.716. The fourth-order valence-electron chi connectivity index (χ4n) is 2.41. The Morgan fingerprint density at radius 3 is 2.46 bits per heavy atom. The molecule has 0 spiro atoms. The van der Waals surface area contributed by atoms with E-state index in [-0.39, 0.29) is 5.91 Å². The highest BCUT2D eigenvalue weighted by Gasteiger charge is 2.19. The summed E-state index contributed by atoms with van der Waals surface area (Å²) in [7, 11) is 0. The molecule has 1 aromatic heterocycles. The van der Waals surface area contributed by atoms with E-state index < -0.39 is 12.1 Å². The van der Waals surface area contributed by atoms with Crippen LogP contribution in [0.5, 0.6) is 0 Å². The van der Waals surface area contributed by atoms with E-state index in [1.807, 2.05) is 31.2 Å². The lowest BCUT2D eigenvalue weighted by atomic mass is 10.1. The highest BCUT2D eigenvalue weighted by Crippen LogP contribution is 2.13. The molecule has 26 heavy (non-hydrogen) atoms. The maximum atomic E-state index is 12.3. The first-order valence-corrected chi connectivity index (χ1v) is 8.28. The van der Waals surface area contributed by atoms with Crippen molar-refractivity contribution in [2.24, 2.45) is 0 Å². The molecule has 0 aliphatic rings. The van der Waals surface area contributed by atoms with Crippen molar-refractivity contribution in [2.45, 2.75) is 26.5 Å². The zero-order chi connectivity index (χ0) is 18.5. The number of carbonyl (C=O) groups is 2. The number of ether oxygens (including phenoxy) is 1. The van der Waals surface area contributed by atoms with Crippen molar-refractivity contribution in [3.8, 4) is 0 Å². The van der Waals surface area contributed by atoms with Crippen molar-refractivity contribution < 1.29 is 14.3 Å². The third-order valence-corrected chi connectivity index (χ3v) is 3.95. The van der Waals surface area contributed by atoms with Crippen molar-refractivity contribution in [2.75, 3.05) is 0 Å². The Balaban J connectivity index is 1.58. The van der Waals surface area contributed by atoms with E-state index in [0.29, 0.717) is 23.1 Å². The fraction of sp³-hybridized carbons (Fsp3) is 0.200. The fourth-order valence-corrected chi connectivity index (χ4v) is 2.41. The summed E-state index contributed by atoms with van der Waals surface area (Å²) in [4.78, 5) is 32.7. The van der Waals surface area contributed by atoms with Gasteiger partial charge in [-0.05, 0) is 37.6 Å². The highest BCUT2D eigenvalue weighted by molar-refractivity contribution is 5.95. The number of fused-ring (bicyclic) bond motifs is 1. The van der Waals surface area contributed by atoms with Gasteiger partial charge in [0, 0.05) is 18.9 Å². The molecular weight excluding hydrogens is 330 g/mol. The predicted molar refractivity (Wildman–Crippen MR) is 97.4 cm³/mol. The smallest absolute Gasteiger partial charge is 0.338 e. The molecule has 132 valence electrons. The van der Waals surface area contributed by atoms with Crippen LogP contribution in [0.4, 0.5) is 0 Å².